The maximum absolute atomic E-state index is 12.8. The molecule has 0 aromatic heterocycles. The molecule has 1 N–H and O–H groups in total. The molecule has 120 valence electrons. The maximum atomic E-state index is 12.8. The van der Waals surface area contributed by atoms with E-state index in [9.17, 15) is 13.2 Å². The van der Waals surface area contributed by atoms with Crippen LogP contribution in [0.5, 0.6) is 0 Å². The fourth-order valence-corrected chi connectivity index (χ4v) is 2.22. The van der Waals surface area contributed by atoms with E-state index in [1.807, 2.05) is 0 Å². The van der Waals surface area contributed by atoms with Crippen LogP contribution in [0.15, 0.2) is 24.3 Å². The van der Waals surface area contributed by atoms with Gasteiger partial charge in [-0.05, 0) is 35.9 Å². The monoisotopic (exact) mass is 301 g/mol. The summed E-state index contributed by atoms with van der Waals surface area (Å²) >= 11 is 0. The predicted octanol–water partition coefficient (Wildman–Crippen LogP) is 4.91. The Morgan fingerprint density at radius 1 is 1.10 bits per heavy atom. The molecule has 0 amide bonds. The number of nitrogens with one attached hydrogen (secondary N) is 1. The highest BCUT2D eigenvalue weighted by molar-refractivity contribution is 5.26. The third-order valence-electron chi connectivity index (χ3n) is 3.73. The van der Waals surface area contributed by atoms with Gasteiger partial charge in [-0.3, -0.25) is 0 Å². The lowest BCUT2D eigenvalue weighted by Gasteiger charge is -2.32. The summed E-state index contributed by atoms with van der Waals surface area (Å²) < 4.78 is 38.3. The summed E-state index contributed by atoms with van der Waals surface area (Å²) in [5.74, 6) is 0.281. The van der Waals surface area contributed by atoms with Crippen LogP contribution in [0.4, 0.5) is 13.2 Å². The first-order valence-corrected chi connectivity index (χ1v) is 7.39. The molecule has 0 saturated heterocycles. The number of halogens is 3. The molecule has 21 heavy (non-hydrogen) atoms. The number of rotatable bonds is 5. The van der Waals surface area contributed by atoms with Crippen molar-refractivity contribution in [2.45, 2.75) is 53.3 Å². The summed E-state index contributed by atoms with van der Waals surface area (Å²) in [5, 5.41) is 3.39. The molecule has 0 bridgehead atoms. The van der Waals surface area contributed by atoms with Crippen LogP contribution >= 0.6 is 0 Å². The third kappa shape index (κ3) is 6.08. The zero-order chi connectivity index (χ0) is 16.3. The van der Waals surface area contributed by atoms with Gasteiger partial charge >= 0.3 is 6.18 Å². The first kappa shape index (κ1) is 18.0. The highest BCUT2D eigenvalue weighted by atomic mass is 19.4. The standard InChI is InChI=1S/C17H26F3N/c1-12(2)21-11-15(16(3,4)5)10-13-7-6-8-14(9-13)17(18,19)20/h6-9,12,15,21H,10-11H2,1-5H3. The quantitative estimate of drug-likeness (QED) is 0.815. The molecular weight excluding hydrogens is 275 g/mol. The van der Waals surface area contributed by atoms with Crippen LogP contribution in [0.1, 0.15) is 45.7 Å². The smallest absolute Gasteiger partial charge is 0.314 e. The average Bonchev–Trinajstić information content (AvgIpc) is 2.32. The Balaban J connectivity index is 2.88. The summed E-state index contributed by atoms with van der Waals surface area (Å²) in [4.78, 5) is 0. The second kappa shape index (κ2) is 6.82. The van der Waals surface area contributed by atoms with Crippen molar-refractivity contribution in [1.82, 2.24) is 5.32 Å². The fraction of sp³-hybridized carbons (Fsp3) is 0.647. The van der Waals surface area contributed by atoms with Gasteiger partial charge in [-0.25, -0.2) is 0 Å². The lowest BCUT2D eigenvalue weighted by Crippen LogP contribution is -2.36. The van der Waals surface area contributed by atoms with Crippen LogP contribution in [0.3, 0.4) is 0 Å². The lowest BCUT2D eigenvalue weighted by molar-refractivity contribution is -0.137. The molecule has 1 rings (SSSR count). The van der Waals surface area contributed by atoms with E-state index in [2.05, 4.69) is 39.9 Å². The molecule has 0 heterocycles. The summed E-state index contributed by atoms with van der Waals surface area (Å²) in [7, 11) is 0. The zero-order valence-electron chi connectivity index (χ0n) is 13.5. The van der Waals surface area contributed by atoms with E-state index in [0.717, 1.165) is 18.2 Å². The molecule has 0 aliphatic heterocycles. The van der Waals surface area contributed by atoms with Crippen LogP contribution in [0.25, 0.3) is 0 Å². The van der Waals surface area contributed by atoms with Crippen LogP contribution in [0, 0.1) is 11.3 Å². The first-order valence-electron chi connectivity index (χ1n) is 7.39. The van der Waals surface area contributed by atoms with Gasteiger partial charge in [0.15, 0.2) is 0 Å². The topological polar surface area (TPSA) is 12.0 Å². The van der Waals surface area contributed by atoms with Gasteiger partial charge in [0.05, 0.1) is 5.56 Å². The van der Waals surface area contributed by atoms with Crippen molar-refractivity contribution in [1.29, 1.82) is 0 Å². The minimum absolute atomic E-state index is 0.0378. The minimum atomic E-state index is -4.27. The van der Waals surface area contributed by atoms with Crippen LogP contribution < -0.4 is 5.32 Å². The minimum Gasteiger partial charge on any atom is -0.314 e. The van der Waals surface area contributed by atoms with E-state index in [1.54, 1.807) is 6.07 Å². The highest BCUT2D eigenvalue weighted by Gasteiger charge is 2.31. The molecule has 1 unspecified atom stereocenters. The van der Waals surface area contributed by atoms with Crippen LogP contribution in [0.2, 0.25) is 0 Å². The summed E-state index contributed by atoms with van der Waals surface area (Å²) in [6, 6.07) is 6.05. The lowest BCUT2D eigenvalue weighted by atomic mass is 9.77. The van der Waals surface area contributed by atoms with Crippen LogP contribution in [-0.4, -0.2) is 12.6 Å². The van der Waals surface area contributed by atoms with Crippen LogP contribution in [-0.2, 0) is 12.6 Å². The normalized spacial score (nSPS) is 14.5. The molecule has 1 nitrogen and oxygen atoms in total. The molecule has 0 aliphatic carbocycles. The molecule has 1 atom stereocenters. The van der Waals surface area contributed by atoms with Gasteiger partial charge in [-0.15, -0.1) is 0 Å². The second-order valence-corrected chi connectivity index (χ2v) is 7.03. The van der Waals surface area contributed by atoms with Crippen molar-refractivity contribution in [3.8, 4) is 0 Å². The molecule has 1 aromatic carbocycles. The Hall–Kier alpha value is -1.03. The van der Waals surface area contributed by atoms with E-state index >= 15 is 0 Å². The molecule has 0 radical (unpaired) electrons. The second-order valence-electron chi connectivity index (χ2n) is 7.03. The molecule has 1 aromatic rings. The zero-order valence-corrected chi connectivity index (χ0v) is 13.5. The fourth-order valence-electron chi connectivity index (χ4n) is 2.22. The van der Waals surface area contributed by atoms with Gasteiger partial charge in [0.1, 0.15) is 0 Å². The van der Waals surface area contributed by atoms with Gasteiger partial charge in [0.2, 0.25) is 0 Å². The van der Waals surface area contributed by atoms with Gasteiger partial charge in [0, 0.05) is 6.04 Å². The molecule has 0 spiro atoms. The van der Waals surface area contributed by atoms with E-state index in [1.165, 1.54) is 12.1 Å². The average molecular weight is 301 g/mol. The highest BCUT2D eigenvalue weighted by Crippen LogP contribution is 2.32. The van der Waals surface area contributed by atoms with Crippen molar-refractivity contribution in [2.75, 3.05) is 6.54 Å². The largest absolute Gasteiger partial charge is 0.416 e. The third-order valence-corrected chi connectivity index (χ3v) is 3.73. The molecule has 4 heteroatoms. The SMILES string of the molecule is CC(C)NCC(Cc1cccc(C(F)(F)F)c1)C(C)(C)C. The predicted molar refractivity (Wildman–Crippen MR) is 81.2 cm³/mol. The number of hydrogen-bond donors (Lipinski definition) is 1. The Kier molecular flexibility index (Phi) is 5.85. The van der Waals surface area contributed by atoms with E-state index < -0.39 is 11.7 Å². The van der Waals surface area contributed by atoms with E-state index in [-0.39, 0.29) is 11.3 Å². The van der Waals surface area contributed by atoms with E-state index in [0.29, 0.717) is 12.5 Å². The summed E-state index contributed by atoms with van der Waals surface area (Å²) in [6.45, 7) is 11.3. The maximum Gasteiger partial charge on any atom is 0.416 e. The number of hydrogen-bond acceptors (Lipinski definition) is 1. The van der Waals surface area contributed by atoms with Crippen molar-refractivity contribution in [3.63, 3.8) is 0 Å². The van der Waals surface area contributed by atoms with E-state index in [4.69, 9.17) is 0 Å². The van der Waals surface area contributed by atoms with Crippen molar-refractivity contribution < 1.29 is 13.2 Å². The Morgan fingerprint density at radius 2 is 1.71 bits per heavy atom. The molecule has 0 saturated carbocycles. The summed E-state index contributed by atoms with van der Waals surface area (Å²) in [6.07, 6.45) is -3.63. The molecule has 0 aliphatic rings. The summed E-state index contributed by atoms with van der Waals surface area (Å²) in [5.41, 5.74) is 0.218. The van der Waals surface area contributed by atoms with Gasteiger partial charge < -0.3 is 5.32 Å². The van der Waals surface area contributed by atoms with Gasteiger partial charge in [0.25, 0.3) is 0 Å². The van der Waals surface area contributed by atoms with Crippen molar-refractivity contribution in [2.24, 2.45) is 11.3 Å². The van der Waals surface area contributed by atoms with Crippen molar-refractivity contribution >= 4 is 0 Å². The Labute approximate surface area is 125 Å². The number of benzene rings is 1. The first-order chi connectivity index (χ1) is 9.50. The molecular formula is C17H26F3N. The number of alkyl halides is 3. The Morgan fingerprint density at radius 3 is 2.19 bits per heavy atom. The van der Waals surface area contributed by atoms with Gasteiger partial charge in [-0.1, -0.05) is 52.8 Å². The van der Waals surface area contributed by atoms with Crippen molar-refractivity contribution in [3.05, 3.63) is 35.4 Å². The van der Waals surface area contributed by atoms with Gasteiger partial charge in [-0.2, -0.15) is 13.2 Å². The Bertz CT molecular complexity index is 444. The molecule has 0 fully saturated rings.